The Bertz CT molecular complexity index is 816. The molecule has 1 aliphatic heterocycles. The van der Waals surface area contributed by atoms with E-state index in [9.17, 15) is 4.79 Å². The van der Waals surface area contributed by atoms with Crippen molar-refractivity contribution in [3.63, 3.8) is 0 Å². The molecule has 0 fully saturated rings. The maximum atomic E-state index is 12.1. The Labute approximate surface area is 115 Å². The molecule has 4 rings (SSSR count). The van der Waals surface area contributed by atoms with Gasteiger partial charge >= 0.3 is 0 Å². The fourth-order valence-corrected chi connectivity index (χ4v) is 2.62. The molecular formula is C14H13N5O. The Balaban J connectivity index is 1.92. The van der Waals surface area contributed by atoms with Gasteiger partial charge in [0.25, 0.3) is 5.91 Å². The lowest BCUT2D eigenvalue weighted by atomic mass is 10.1. The van der Waals surface area contributed by atoms with Crippen LogP contribution in [0.4, 0.5) is 0 Å². The van der Waals surface area contributed by atoms with Gasteiger partial charge in [-0.1, -0.05) is 0 Å². The normalized spacial score (nSPS) is 18.1. The number of imidazole rings is 1. The van der Waals surface area contributed by atoms with Gasteiger partial charge in [-0.2, -0.15) is 5.10 Å². The summed E-state index contributed by atoms with van der Waals surface area (Å²) in [7, 11) is 0. The van der Waals surface area contributed by atoms with Crippen LogP contribution < -0.4 is 5.32 Å². The van der Waals surface area contributed by atoms with Crippen LogP contribution in [-0.2, 0) is 0 Å². The molecule has 0 aliphatic carbocycles. The van der Waals surface area contributed by atoms with Crippen LogP contribution in [0.2, 0.25) is 0 Å². The van der Waals surface area contributed by atoms with Gasteiger partial charge < -0.3 is 9.72 Å². The SMILES string of the molecule is C[C@H]1CNC(=O)c2c(-c3ccc4nccn4c3)cnn21. The first-order valence-electron chi connectivity index (χ1n) is 6.53. The van der Waals surface area contributed by atoms with Crippen molar-refractivity contribution in [1.82, 2.24) is 24.5 Å². The molecule has 1 N–H and O–H groups in total. The Morgan fingerprint density at radius 3 is 3.20 bits per heavy atom. The average molecular weight is 267 g/mol. The van der Waals surface area contributed by atoms with Crippen molar-refractivity contribution in [2.45, 2.75) is 13.0 Å². The van der Waals surface area contributed by atoms with Crippen LogP contribution in [0.5, 0.6) is 0 Å². The minimum atomic E-state index is -0.0682. The minimum Gasteiger partial charge on any atom is -0.349 e. The van der Waals surface area contributed by atoms with E-state index in [-0.39, 0.29) is 11.9 Å². The number of hydrogen-bond donors (Lipinski definition) is 1. The van der Waals surface area contributed by atoms with Crippen molar-refractivity contribution < 1.29 is 4.79 Å². The number of nitrogens with zero attached hydrogens (tertiary/aromatic N) is 4. The van der Waals surface area contributed by atoms with Crippen LogP contribution in [-0.4, -0.2) is 31.6 Å². The van der Waals surface area contributed by atoms with Crippen molar-refractivity contribution in [3.8, 4) is 11.1 Å². The highest BCUT2D eigenvalue weighted by Crippen LogP contribution is 2.27. The second kappa shape index (κ2) is 3.93. The quantitative estimate of drug-likeness (QED) is 0.726. The van der Waals surface area contributed by atoms with E-state index in [4.69, 9.17) is 0 Å². The fraction of sp³-hybridized carbons (Fsp3) is 0.214. The molecule has 0 spiro atoms. The van der Waals surface area contributed by atoms with E-state index < -0.39 is 0 Å². The molecule has 0 radical (unpaired) electrons. The van der Waals surface area contributed by atoms with Gasteiger partial charge in [-0.05, 0) is 19.1 Å². The Kier molecular flexibility index (Phi) is 2.20. The summed E-state index contributed by atoms with van der Waals surface area (Å²) in [4.78, 5) is 16.3. The Morgan fingerprint density at radius 1 is 1.40 bits per heavy atom. The predicted octanol–water partition coefficient (Wildman–Crippen LogP) is 1.50. The topological polar surface area (TPSA) is 64.2 Å². The van der Waals surface area contributed by atoms with Gasteiger partial charge in [-0.3, -0.25) is 9.48 Å². The highest BCUT2D eigenvalue weighted by molar-refractivity contribution is 5.99. The van der Waals surface area contributed by atoms with Crippen molar-refractivity contribution in [1.29, 1.82) is 0 Å². The van der Waals surface area contributed by atoms with E-state index in [1.165, 1.54) is 0 Å². The zero-order chi connectivity index (χ0) is 13.7. The molecule has 100 valence electrons. The number of amides is 1. The molecule has 0 saturated heterocycles. The Morgan fingerprint density at radius 2 is 2.30 bits per heavy atom. The van der Waals surface area contributed by atoms with E-state index in [1.807, 2.05) is 35.9 Å². The number of fused-ring (bicyclic) bond motifs is 2. The lowest BCUT2D eigenvalue weighted by Gasteiger charge is -2.22. The maximum Gasteiger partial charge on any atom is 0.270 e. The van der Waals surface area contributed by atoms with Gasteiger partial charge in [-0.25, -0.2) is 4.98 Å². The molecule has 6 heteroatoms. The second-order valence-corrected chi connectivity index (χ2v) is 5.02. The summed E-state index contributed by atoms with van der Waals surface area (Å²) in [6, 6.07) is 4.07. The Hall–Kier alpha value is -2.63. The molecule has 1 amide bonds. The van der Waals surface area contributed by atoms with E-state index in [0.717, 1.165) is 16.8 Å². The molecule has 4 heterocycles. The molecule has 0 bridgehead atoms. The zero-order valence-corrected chi connectivity index (χ0v) is 10.9. The van der Waals surface area contributed by atoms with Crippen LogP contribution in [0.1, 0.15) is 23.5 Å². The first-order chi connectivity index (χ1) is 9.74. The fourth-order valence-electron chi connectivity index (χ4n) is 2.62. The molecule has 0 saturated carbocycles. The highest BCUT2D eigenvalue weighted by Gasteiger charge is 2.27. The van der Waals surface area contributed by atoms with Gasteiger partial charge in [0.2, 0.25) is 0 Å². The highest BCUT2D eigenvalue weighted by atomic mass is 16.2. The third-order valence-corrected chi connectivity index (χ3v) is 3.69. The number of nitrogens with one attached hydrogen (secondary N) is 1. The molecular weight excluding hydrogens is 254 g/mol. The number of hydrogen-bond acceptors (Lipinski definition) is 3. The van der Waals surface area contributed by atoms with Crippen LogP contribution in [0, 0.1) is 0 Å². The van der Waals surface area contributed by atoms with E-state index in [0.29, 0.717) is 12.2 Å². The lowest BCUT2D eigenvalue weighted by Crippen LogP contribution is -2.38. The van der Waals surface area contributed by atoms with Crippen molar-refractivity contribution in [3.05, 3.63) is 42.6 Å². The molecule has 0 aromatic carbocycles. The predicted molar refractivity (Wildman–Crippen MR) is 73.5 cm³/mol. The van der Waals surface area contributed by atoms with Crippen LogP contribution >= 0.6 is 0 Å². The summed E-state index contributed by atoms with van der Waals surface area (Å²) in [5.74, 6) is -0.0682. The minimum absolute atomic E-state index is 0.0682. The monoisotopic (exact) mass is 267 g/mol. The summed E-state index contributed by atoms with van der Waals surface area (Å²) < 4.78 is 3.73. The van der Waals surface area contributed by atoms with Crippen LogP contribution in [0.25, 0.3) is 16.8 Å². The number of rotatable bonds is 1. The van der Waals surface area contributed by atoms with E-state index in [2.05, 4.69) is 15.4 Å². The summed E-state index contributed by atoms with van der Waals surface area (Å²) >= 11 is 0. The average Bonchev–Trinajstić information content (AvgIpc) is 3.08. The van der Waals surface area contributed by atoms with Gasteiger partial charge in [0, 0.05) is 36.3 Å². The van der Waals surface area contributed by atoms with Crippen molar-refractivity contribution >= 4 is 11.6 Å². The number of aromatic nitrogens is 4. The van der Waals surface area contributed by atoms with Gasteiger partial charge in [0.1, 0.15) is 11.3 Å². The van der Waals surface area contributed by atoms with Crippen molar-refractivity contribution in [2.24, 2.45) is 0 Å². The third-order valence-electron chi connectivity index (χ3n) is 3.69. The molecule has 6 nitrogen and oxygen atoms in total. The van der Waals surface area contributed by atoms with E-state index in [1.54, 1.807) is 17.1 Å². The maximum absolute atomic E-state index is 12.1. The molecule has 1 atom stereocenters. The standard InChI is InChI=1S/C14H13N5O/c1-9-6-16-14(20)13-11(7-17-19(9)13)10-2-3-12-15-4-5-18(12)8-10/h2-5,7-9H,6H2,1H3,(H,16,20)/t9-/m0/s1. The van der Waals surface area contributed by atoms with Crippen LogP contribution in [0.3, 0.4) is 0 Å². The summed E-state index contributed by atoms with van der Waals surface area (Å²) in [6.07, 6.45) is 7.36. The largest absolute Gasteiger partial charge is 0.349 e. The lowest BCUT2D eigenvalue weighted by molar-refractivity contribution is 0.0913. The molecule has 0 unspecified atom stereocenters. The number of carbonyl (C=O) groups is 1. The summed E-state index contributed by atoms with van der Waals surface area (Å²) in [6.45, 7) is 2.66. The first kappa shape index (κ1) is 11.2. The third kappa shape index (κ3) is 1.48. The van der Waals surface area contributed by atoms with E-state index >= 15 is 0 Å². The first-order valence-corrected chi connectivity index (χ1v) is 6.53. The molecule has 3 aromatic heterocycles. The van der Waals surface area contributed by atoms with Crippen LogP contribution in [0.15, 0.2) is 36.9 Å². The molecule has 20 heavy (non-hydrogen) atoms. The van der Waals surface area contributed by atoms with Crippen molar-refractivity contribution in [2.75, 3.05) is 6.54 Å². The van der Waals surface area contributed by atoms with Gasteiger partial charge in [0.15, 0.2) is 0 Å². The molecule has 3 aromatic rings. The summed E-state index contributed by atoms with van der Waals surface area (Å²) in [5.41, 5.74) is 3.32. The number of pyridine rings is 1. The van der Waals surface area contributed by atoms with Gasteiger partial charge in [-0.15, -0.1) is 0 Å². The smallest absolute Gasteiger partial charge is 0.270 e. The molecule has 1 aliphatic rings. The second-order valence-electron chi connectivity index (χ2n) is 5.02. The van der Waals surface area contributed by atoms with Gasteiger partial charge in [0.05, 0.1) is 12.2 Å². The zero-order valence-electron chi connectivity index (χ0n) is 10.9. The number of carbonyl (C=O) groups excluding carboxylic acids is 1. The summed E-state index contributed by atoms with van der Waals surface area (Å²) in [5, 5.41) is 7.26.